The molecule has 42 heavy (non-hydrogen) atoms. The molecule has 4 aromatic rings. The maximum absolute atomic E-state index is 14.4. The number of hydrogen-bond acceptors (Lipinski definition) is 9. The molecule has 1 aliphatic heterocycles. The average molecular weight is 594 g/mol. The summed E-state index contributed by atoms with van der Waals surface area (Å²) in [6, 6.07) is 10.4. The van der Waals surface area contributed by atoms with Crippen molar-refractivity contribution in [3.63, 3.8) is 0 Å². The van der Waals surface area contributed by atoms with Crippen molar-refractivity contribution in [2.45, 2.75) is 6.42 Å². The quantitative estimate of drug-likeness (QED) is 0.191. The molecule has 14 heteroatoms. The number of rotatable bonds is 10. The number of carbonyl (C=O) groups excluding carboxylic acids is 2. The normalized spacial score (nSPS) is 11.5. The third-order valence-corrected chi connectivity index (χ3v) is 6.25. The van der Waals surface area contributed by atoms with Crippen LogP contribution in [0.15, 0.2) is 61.1 Å². The Hall–Kier alpha value is -5.17. The maximum Gasteiger partial charge on any atom is 0.319 e. The number of benzene rings is 2. The van der Waals surface area contributed by atoms with E-state index >= 15 is 0 Å². The van der Waals surface area contributed by atoms with Gasteiger partial charge in [0.05, 0.1) is 30.1 Å². The number of nitrogens with one attached hydrogen (secondary N) is 4. The summed E-state index contributed by atoms with van der Waals surface area (Å²) in [5, 5.41) is 11.6. The molecule has 0 saturated carbocycles. The van der Waals surface area contributed by atoms with E-state index in [1.165, 1.54) is 43.9 Å². The molecule has 0 aliphatic carbocycles. The molecule has 0 spiro atoms. The van der Waals surface area contributed by atoms with Gasteiger partial charge in [-0.1, -0.05) is 11.6 Å². The Balaban J connectivity index is 1.17. The predicted octanol–water partition coefficient (Wildman–Crippen LogP) is 4.75. The summed E-state index contributed by atoms with van der Waals surface area (Å²) < 4.78 is 30.4. The number of anilines is 3. The van der Waals surface area contributed by atoms with Crippen LogP contribution in [0, 0.1) is 5.82 Å². The van der Waals surface area contributed by atoms with Crippen LogP contribution >= 0.6 is 11.6 Å². The second kappa shape index (κ2) is 13.0. The number of amides is 3. The van der Waals surface area contributed by atoms with E-state index in [0.717, 1.165) is 0 Å². The molecule has 0 unspecified atom stereocenters. The fourth-order valence-electron chi connectivity index (χ4n) is 3.96. The van der Waals surface area contributed by atoms with Gasteiger partial charge < -0.3 is 35.5 Å². The van der Waals surface area contributed by atoms with E-state index in [9.17, 15) is 14.0 Å². The molecule has 0 fully saturated rings. The molecule has 216 valence electrons. The number of carbonyl (C=O) groups is 2. The van der Waals surface area contributed by atoms with Crippen molar-refractivity contribution in [2.24, 2.45) is 0 Å². The second-order valence-corrected chi connectivity index (χ2v) is 9.28. The third-order valence-electron chi connectivity index (χ3n) is 6.02. The number of fused-ring (bicyclic) bond motifs is 1. The Morgan fingerprint density at radius 3 is 2.74 bits per heavy atom. The summed E-state index contributed by atoms with van der Waals surface area (Å²) in [6.07, 6.45) is 4.77. The molecule has 3 heterocycles. The van der Waals surface area contributed by atoms with Gasteiger partial charge in [0, 0.05) is 42.3 Å². The molecule has 0 saturated heterocycles. The summed E-state index contributed by atoms with van der Waals surface area (Å²) in [4.78, 5) is 37.8. The van der Waals surface area contributed by atoms with Crippen LogP contribution in [0.4, 0.5) is 26.4 Å². The van der Waals surface area contributed by atoms with Gasteiger partial charge in [-0.25, -0.2) is 19.2 Å². The van der Waals surface area contributed by atoms with Crippen molar-refractivity contribution < 1.29 is 28.2 Å². The zero-order valence-corrected chi connectivity index (χ0v) is 23.0. The number of halogens is 2. The van der Waals surface area contributed by atoms with Crippen molar-refractivity contribution in [1.29, 1.82) is 0 Å². The minimum atomic E-state index is -0.542. The lowest BCUT2D eigenvalue weighted by atomic mass is 10.2. The molecule has 0 bridgehead atoms. The lowest BCUT2D eigenvalue weighted by molar-refractivity contribution is 0.0954. The molecular formula is C28H25ClFN7O5. The fraction of sp³-hybridized carbons (Fsp3) is 0.179. The fourth-order valence-corrected chi connectivity index (χ4v) is 4.13. The van der Waals surface area contributed by atoms with E-state index in [2.05, 4.69) is 36.2 Å². The third kappa shape index (κ3) is 6.75. The molecule has 5 rings (SSSR count). The van der Waals surface area contributed by atoms with Gasteiger partial charge in [-0.2, -0.15) is 0 Å². The van der Waals surface area contributed by atoms with E-state index in [-0.39, 0.29) is 41.9 Å². The molecular weight excluding hydrogens is 569 g/mol. The first kappa shape index (κ1) is 28.4. The zero-order chi connectivity index (χ0) is 29.5. The Morgan fingerprint density at radius 1 is 1.05 bits per heavy atom. The molecule has 2 aromatic heterocycles. The van der Waals surface area contributed by atoms with Crippen molar-refractivity contribution in [1.82, 2.24) is 25.6 Å². The van der Waals surface area contributed by atoms with Gasteiger partial charge in [0.1, 0.15) is 5.82 Å². The van der Waals surface area contributed by atoms with E-state index in [4.69, 9.17) is 25.8 Å². The highest BCUT2D eigenvalue weighted by Crippen LogP contribution is 2.34. The van der Waals surface area contributed by atoms with E-state index < -0.39 is 17.8 Å². The number of methoxy groups -OCH3 is 1. The molecule has 3 amide bonds. The van der Waals surface area contributed by atoms with Crippen molar-refractivity contribution in [3.8, 4) is 28.6 Å². The molecule has 0 atom stereocenters. The van der Waals surface area contributed by atoms with Crippen LogP contribution in [0.5, 0.6) is 17.2 Å². The Labute approximate surface area is 244 Å². The summed E-state index contributed by atoms with van der Waals surface area (Å²) in [7, 11) is 1.44. The van der Waals surface area contributed by atoms with E-state index in [1.807, 2.05) is 0 Å². The second-order valence-electron chi connectivity index (χ2n) is 8.84. The Kier molecular flexibility index (Phi) is 8.78. The summed E-state index contributed by atoms with van der Waals surface area (Å²) in [5.74, 6) is 0.803. The van der Waals surface area contributed by atoms with Gasteiger partial charge in [0.15, 0.2) is 28.9 Å². The SMILES string of the molecule is COc1cnc(-c2cc(Cl)ccc2F)nc1Nc1ccncc1C(=O)NCCCNC(=O)Nc1ccc2c(c1)OCO2. The lowest BCUT2D eigenvalue weighted by Gasteiger charge is -2.14. The highest BCUT2D eigenvalue weighted by molar-refractivity contribution is 6.30. The predicted molar refractivity (Wildman–Crippen MR) is 153 cm³/mol. The van der Waals surface area contributed by atoms with Crippen LogP contribution < -0.4 is 35.5 Å². The van der Waals surface area contributed by atoms with Gasteiger partial charge in [-0.15, -0.1) is 0 Å². The number of aromatic nitrogens is 3. The molecule has 4 N–H and O–H groups in total. The first-order valence-electron chi connectivity index (χ1n) is 12.7. The molecule has 1 aliphatic rings. The average Bonchev–Trinajstić information content (AvgIpc) is 3.46. The van der Waals surface area contributed by atoms with Crippen LogP contribution in [0.2, 0.25) is 5.02 Å². The molecule has 2 aromatic carbocycles. The standard InChI is InChI=1S/C28H25ClFN7O5/c1-40-24-14-34-25(18-11-16(29)3-5-20(18)30)37-26(24)36-21-7-10-31-13-19(21)27(38)32-8-2-9-33-28(39)35-17-4-6-22-23(12-17)42-15-41-22/h3-7,10-14H,2,8-9,15H2,1H3,(H,32,38)(H2,33,35,39)(H,31,34,36,37). The van der Waals surface area contributed by atoms with Crippen LogP contribution in [-0.4, -0.2) is 53.9 Å². The van der Waals surface area contributed by atoms with Crippen LogP contribution in [0.25, 0.3) is 11.4 Å². The van der Waals surface area contributed by atoms with Gasteiger partial charge in [-0.3, -0.25) is 9.78 Å². The minimum Gasteiger partial charge on any atom is -0.491 e. The van der Waals surface area contributed by atoms with Gasteiger partial charge in [0.25, 0.3) is 5.91 Å². The Morgan fingerprint density at radius 2 is 1.88 bits per heavy atom. The summed E-state index contributed by atoms with van der Waals surface area (Å²) in [6.45, 7) is 0.747. The topological polar surface area (TPSA) is 149 Å². The number of ether oxygens (including phenoxy) is 3. The van der Waals surface area contributed by atoms with Crippen molar-refractivity contribution in [2.75, 3.05) is 37.6 Å². The Bertz CT molecular complexity index is 1620. The van der Waals surface area contributed by atoms with Gasteiger partial charge in [-0.05, 0) is 42.8 Å². The van der Waals surface area contributed by atoms with Gasteiger partial charge in [0.2, 0.25) is 6.79 Å². The number of urea groups is 1. The van der Waals surface area contributed by atoms with E-state index in [1.54, 1.807) is 24.3 Å². The smallest absolute Gasteiger partial charge is 0.319 e. The summed E-state index contributed by atoms with van der Waals surface area (Å²) >= 11 is 6.03. The monoisotopic (exact) mass is 593 g/mol. The lowest BCUT2D eigenvalue weighted by Crippen LogP contribution is -2.32. The van der Waals surface area contributed by atoms with Crippen molar-refractivity contribution in [3.05, 3.63) is 77.5 Å². The molecule has 12 nitrogen and oxygen atoms in total. The maximum atomic E-state index is 14.4. The van der Waals surface area contributed by atoms with E-state index in [0.29, 0.717) is 40.9 Å². The number of nitrogens with zero attached hydrogens (tertiary/aromatic N) is 3. The number of hydrogen-bond donors (Lipinski definition) is 4. The first-order chi connectivity index (χ1) is 20.4. The van der Waals surface area contributed by atoms with Crippen LogP contribution in [-0.2, 0) is 0 Å². The summed E-state index contributed by atoms with van der Waals surface area (Å²) in [5.41, 5.74) is 1.30. The van der Waals surface area contributed by atoms with Crippen LogP contribution in [0.3, 0.4) is 0 Å². The highest BCUT2D eigenvalue weighted by Gasteiger charge is 2.17. The number of pyridine rings is 1. The largest absolute Gasteiger partial charge is 0.491 e. The minimum absolute atomic E-state index is 0.0772. The van der Waals surface area contributed by atoms with Crippen LogP contribution in [0.1, 0.15) is 16.8 Å². The van der Waals surface area contributed by atoms with Crippen molar-refractivity contribution >= 4 is 40.7 Å². The molecule has 0 radical (unpaired) electrons. The zero-order valence-electron chi connectivity index (χ0n) is 22.2. The van der Waals surface area contributed by atoms with Gasteiger partial charge >= 0.3 is 6.03 Å². The highest BCUT2D eigenvalue weighted by atomic mass is 35.5. The first-order valence-corrected chi connectivity index (χ1v) is 13.1.